The molecule has 0 aliphatic rings. The molecule has 138 valence electrons. The fourth-order valence-electron chi connectivity index (χ4n) is 2.64. The number of aromatic nitrogens is 2. The maximum atomic E-state index is 12.4. The average molecular weight is 361 g/mol. The van der Waals surface area contributed by atoms with Crippen LogP contribution in [0, 0.1) is 0 Å². The molecule has 0 atom stereocenters. The number of hydrogen-bond acceptors (Lipinski definition) is 4. The zero-order valence-electron chi connectivity index (χ0n) is 15.6. The highest BCUT2D eigenvalue weighted by molar-refractivity contribution is 5.94. The van der Waals surface area contributed by atoms with Crippen molar-refractivity contribution in [3.63, 3.8) is 0 Å². The second-order valence-electron chi connectivity index (χ2n) is 6.33. The van der Waals surface area contributed by atoms with Gasteiger partial charge in [0.1, 0.15) is 5.75 Å². The van der Waals surface area contributed by atoms with Crippen LogP contribution >= 0.6 is 0 Å². The van der Waals surface area contributed by atoms with Gasteiger partial charge >= 0.3 is 0 Å². The first-order valence-corrected chi connectivity index (χ1v) is 9.10. The van der Waals surface area contributed by atoms with Crippen molar-refractivity contribution < 1.29 is 9.53 Å². The third-order valence-corrected chi connectivity index (χ3v) is 4.23. The molecule has 0 aliphatic heterocycles. The molecule has 3 aromatic rings. The topological polar surface area (TPSA) is 55.3 Å². The van der Waals surface area contributed by atoms with Gasteiger partial charge in [-0.3, -0.25) is 4.79 Å². The van der Waals surface area contributed by atoms with Crippen molar-refractivity contribution in [1.82, 2.24) is 15.1 Å². The molecular weight excluding hydrogens is 338 g/mol. The van der Waals surface area contributed by atoms with E-state index in [4.69, 9.17) is 4.74 Å². The molecule has 1 heterocycles. The minimum atomic E-state index is 0.0349. The molecule has 0 fully saturated rings. The highest BCUT2D eigenvalue weighted by atomic mass is 16.5. The summed E-state index contributed by atoms with van der Waals surface area (Å²) in [4.78, 5) is 14.2. The number of carbonyl (C=O) groups is 1. The predicted molar refractivity (Wildman–Crippen MR) is 106 cm³/mol. The standard InChI is InChI=1S/C22H23N3O2/c1-3-4-16-25(2)22(26)18-12-10-17(11-13-18)20-14-15-21(24-23-20)27-19-8-6-5-7-9-19/h5-15H,3-4,16H2,1-2H3. The van der Waals surface area contributed by atoms with Crippen molar-refractivity contribution in [2.75, 3.05) is 13.6 Å². The van der Waals surface area contributed by atoms with Gasteiger partial charge in [-0.05, 0) is 36.8 Å². The van der Waals surface area contributed by atoms with Crippen molar-refractivity contribution >= 4 is 5.91 Å². The predicted octanol–water partition coefficient (Wildman–Crippen LogP) is 4.81. The van der Waals surface area contributed by atoms with Gasteiger partial charge in [0.05, 0.1) is 5.69 Å². The second kappa shape index (κ2) is 8.94. The second-order valence-corrected chi connectivity index (χ2v) is 6.33. The Morgan fingerprint density at radius 2 is 1.70 bits per heavy atom. The van der Waals surface area contributed by atoms with Crippen LogP contribution < -0.4 is 4.74 Å². The Balaban J connectivity index is 1.67. The molecule has 0 spiro atoms. The smallest absolute Gasteiger partial charge is 0.253 e. The summed E-state index contributed by atoms with van der Waals surface area (Å²) in [7, 11) is 1.84. The normalized spacial score (nSPS) is 10.4. The van der Waals surface area contributed by atoms with Crippen LogP contribution in [0.25, 0.3) is 11.3 Å². The monoisotopic (exact) mass is 361 g/mol. The lowest BCUT2D eigenvalue weighted by molar-refractivity contribution is 0.0793. The largest absolute Gasteiger partial charge is 0.438 e. The van der Waals surface area contributed by atoms with Crippen LogP contribution in [-0.2, 0) is 0 Å². The zero-order chi connectivity index (χ0) is 19.1. The molecule has 5 heteroatoms. The lowest BCUT2D eigenvalue weighted by Crippen LogP contribution is -2.27. The quantitative estimate of drug-likeness (QED) is 0.606. The SMILES string of the molecule is CCCCN(C)C(=O)c1ccc(-c2ccc(Oc3ccccc3)nn2)cc1. The summed E-state index contributed by atoms with van der Waals surface area (Å²) in [6.07, 6.45) is 2.08. The van der Waals surface area contributed by atoms with E-state index in [9.17, 15) is 4.79 Å². The van der Waals surface area contributed by atoms with Crippen LogP contribution in [-0.4, -0.2) is 34.6 Å². The van der Waals surface area contributed by atoms with Gasteiger partial charge in [-0.2, -0.15) is 0 Å². The summed E-state index contributed by atoms with van der Waals surface area (Å²) < 4.78 is 5.65. The summed E-state index contributed by atoms with van der Waals surface area (Å²) in [5, 5.41) is 8.35. The molecule has 0 unspecified atom stereocenters. The van der Waals surface area contributed by atoms with Crippen LogP contribution in [0.1, 0.15) is 30.1 Å². The van der Waals surface area contributed by atoms with Crippen LogP contribution in [0.5, 0.6) is 11.6 Å². The van der Waals surface area contributed by atoms with Gasteiger partial charge in [-0.1, -0.05) is 43.7 Å². The van der Waals surface area contributed by atoms with E-state index in [1.165, 1.54) is 0 Å². The molecule has 3 rings (SSSR count). The molecule has 0 radical (unpaired) electrons. The Morgan fingerprint density at radius 3 is 2.33 bits per heavy atom. The summed E-state index contributed by atoms with van der Waals surface area (Å²) in [5.74, 6) is 1.19. The van der Waals surface area contributed by atoms with Crippen LogP contribution in [0.15, 0.2) is 66.7 Å². The van der Waals surface area contributed by atoms with Crippen molar-refractivity contribution in [2.45, 2.75) is 19.8 Å². The zero-order valence-corrected chi connectivity index (χ0v) is 15.6. The molecule has 1 aromatic heterocycles. The van der Waals surface area contributed by atoms with E-state index in [1.54, 1.807) is 11.0 Å². The van der Waals surface area contributed by atoms with Gasteiger partial charge in [0.25, 0.3) is 5.91 Å². The van der Waals surface area contributed by atoms with E-state index >= 15 is 0 Å². The van der Waals surface area contributed by atoms with Crippen molar-refractivity contribution in [1.29, 1.82) is 0 Å². The Kier molecular flexibility index (Phi) is 6.15. The number of benzene rings is 2. The molecule has 0 saturated heterocycles. The summed E-state index contributed by atoms with van der Waals surface area (Å²) >= 11 is 0. The maximum Gasteiger partial charge on any atom is 0.253 e. The van der Waals surface area contributed by atoms with Crippen LogP contribution in [0.2, 0.25) is 0 Å². The number of nitrogens with zero attached hydrogens (tertiary/aromatic N) is 3. The third-order valence-electron chi connectivity index (χ3n) is 4.23. The fraction of sp³-hybridized carbons (Fsp3) is 0.227. The van der Waals surface area contributed by atoms with Gasteiger partial charge in [0.2, 0.25) is 5.88 Å². The van der Waals surface area contributed by atoms with E-state index in [1.807, 2.05) is 67.7 Å². The highest BCUT2D eigenvalue weighted by Gasteiger charge is 2.11. The first-order valence-electron chi connectivity index (χ1n) is 9.10. The fourth-order valence-corrected chi connectivity index (χ4v) is 2.64. The van der Waals surface area contributed by atoms with Crippen molar-refractivity contribution in [3.05, 3.63) is 72.3 Å². The molecule has 0 N–H and O–H groups in total. The molecule has 1 amide bonds. The number of hydrogen-bond donors (Lipinski definition) is 0. The van der Waals surface area contributed by atoms with E-state index < -0.39 is 0 Å². The summed E-state index contributed by atoms with van der Waals surface area (Å²) in [6.45, 7) is 2.88. The van der Waals surface area contributed by atoms with Crippen LogP contribution in [0.4, 0.5) is 0 Å². The highest BCUT2D eigenvalue weighted by Crippen LogP contribution is 2.22. The van der Waals surface area contributed by atoms with E-state index in [2.05, 4.69) is 17.1 Å². The van der Waals surface area contributed by atoms with E-state index in [0.29, 0.717) is 11.4 Å². The number of amides is 1. The number of rotatable bonds is 7. The average Bonchev–Trinajstić information content (AvgIpc) is 2.73. The first-order chi connectivity index (χ1) is 13.2. The number of unbranched alkanes of at least 4 members (excludes halogenated alkanes) is 1. The molecule has 0 bridgehead atoms. The number of carbonyl (C=O) groups excluding carboxylic acids is 1. The van der Waals surface area contributed by atoms with Gasteiger partial charge in [0.15, 0.2) is 0 Å². The van der Waals surface area contributed by atoms with Crippen molar-refractivity contribution in [3.8, 4) is 22.9 Å². The molecule has 5 nitrogen and oxygen atoms in total. The maximum absolute atomic E-state index is 12.4. The molecule has 0 aliphatic carbocycles. The molecule has 27 heavy (non-hydrogen) atoms. The van der Waals surface area contributed by atoms with Gasteiger partial charge < -0.3 is 9.64 Å². The Bertz CT molecular complexity index is 862. The van der Waals surface area contributed by atoms with Crippen LogP contribution in [0.3, 0.4) is 0 Å². The Labute approximate surface area is 159 Å². The Morgan fingerprint density at radius 1 is 0.963 bits per heavy atom. The lowest BCUT2D eigenvalue weighted by Gasteiger charge is -2.16. The summed E-state index contributed by atoms with van der Waals surface area (Å²) in [5.41, 5.74) is 2.31. The minimum absolute atomic E-state index is 0.0349. The third kappa shape index (κ3) is 4.91. The first kappa shape index (κ1) is 18.6. The number of para-hydroxylation sites is 1. The summed E-state index contributed by atoms with van der Waals surface area (Å²) in [6, 6.07) is 20.5. The van der Waals surface area contributed by atoms with E-state index in [-0.39, 0.29) is 5.91 Å². The van der Waals surface area contributed by atoms with Gasteiger partial charge in [-0.25, -0.2) is 0 Å². The number of ether oxygens (including phenoxy) is 1. The van der Waals surface area contributed by atoms with Gasteiger partial charge in [-0.15, -0.1) is 10.2 Å². The van der Waals surface area contributed by atoms with Crippen molar-refractivity contribution in [2.24, 2.45) is 0 Å². The molecule has 2 aromatic carbocycles. The van der Waals surface area contributed by atoms with E-state index in [0.717, 1.165) is 36.4 Å². The molecular formula is C22H23N3O2. The van der Waals surface area contributed by atoms with Gasteiger partial charge in [0, 0.05) is 30.8 Å². The Hall–Kier alpha value is -3.21. The lowest BCUT2D eigenvalue weighted by atomic mass is 10.1. The minimum Gasteiger partial charge on any atom is -0.438 e. The molecule has 0 saturated carbocycles.